The summed E-state index contributed by atoms with van der Waals surface area (Å²) in [5, 5.41) is 2.69. The number of halogens is 1. The lowest BCUT2D eigenvalue weighted by Crippen LogP contribution is -2.13. The van der Waals surface area contributed by atoms with Gasteiger partial charge in [0.15, 0.2) is 17.8 Å². The number of carbonyl (C=O) groups excluding carboxylic acids is 1. The Hall–Kier alpha value is -3.02. The third kappa shape index (κ3) is 2.79. The first-order valence-corrected chi connectivity index (χ1v) is 6.15. The van der Waals surface area contributed by atoms with Gasteiger partial charge in [-0.15, -0.1) is 0 Å². The van der Waals surface area contributed by atoms with Gasteiger partial charge in [-0.3, -0.25) is 9.78 Å². The molecule has 0 aliphatic rings. The van der Waals surface area contributed by atoms with Crippen molar-refractivity contribution in [2.45, 2.75) is 0 Å². The summed E-state index contributed by atoms with van der Waals surface area (Å²) < 4.78 is 18.2. The molecular weight excluding hydrogens is 273 g/mol. The zero-order valence-electron chi connectivity index (χ0n) is 10.8. The van der Waals surface area contributed by atoms with Gasteiger partial charge in [0.05, 0.1) is 0 Å². The molecule has 21 heavy (non-hydrogen) atoms. The molecule has 0 saturated carbocycles. The van der Waals surface area contributed by atoms with Crippen molar-refractivity contribution in [1.29, 1.82) is 0 Å². The monoisotopic (exact) mass is 283 g/mol. The zero-order valence-corrected chi connectivity index (χ0v) is 10.8. The van der Waals surface area contributed by atoms with Crippen LogP contribution >= 0.6 is 0 Å². The van der Waals surface area contributed by atoms with E-state index >= 15 is 0 Å². The number of amides is 1. The molecule has 0 radical (unpaired) electrons. The maximum Gasteiger partial charge on any atom is 0.278 e. The molecule has 5 nitrogen and oxygen atoms in total. The van der Waals surface area contributed by atoms with Crippen LogP contribution in [0.5, 0.6) is 0 Å². The van der Waals surface area contributed by atoms with Gasteiger partial charge in [0.2, 0.25) is 0 Å². The van der Waals surface area contributed by atoms with Crippen molar-refractivity contribution in [1.82, 2.24) is 9.97 Å². The van der Waals surface area contributed by atoms with E-state index in [9.17, 15) is 9.18 Å². The molecule has 1 N–H and O–H groups in total. The van der Waals surface area contributed by atoms with Crippen LogP contribution in [-0.2, 0) is 0 Å². The van der Waals surface area contributed by atoms with Gasteiger partial charge in [0.25, 0.3) is 5.91 Å². The summed E-state index contributed by atoms with van der Waals surface area (Å²) in [6.45, 7) is 0. The number of benzene rings is 1. The van der Waals surface area contributed by atoms with Crippen molar-refractivity contribution in [2.75, 3.05) is 5.32 Å². The third-order valence-electron chi connectivity index (χ3n) is 2.83. The average Bonchev–Trinajstić information content (AvgIpc) is 2.98. The highest BCUT2D eigenvalue weighted by Gasteiger charge is 2.18. The van der Waals surface area contributed by atoms with E-state index in [-0.39, 0.29) is 11.5 Å². The number of carbonyl (C=O) groups is 1. The number of rotatable bonds is 3. The minimum Gasteiger partial charge on any atom is -0.443 e. The average molecular weight is 283 g/mol. The molecule has 2 heterocycles. The van der Waals surface area contributed by atoms with Crippen molar-refractivity contribution < 1.29 is 13.6 Å². The van der Waals surface area contributed by atoms with Gasteiger partial charge in [0, 0.05) is 23.6 Å². The van der Waals surface area contributed by atoms with Gasteiger partial charge in [-0.25, -0.2) is 9.37 Å². The van der Waals surface area contributed by atoms with E-state index in [1.807, 2.05) is 0 Å². The van der Waals surface area contributed by atoms with Crippen LogP contribution < -0.4 is 5.32 Å². The SMILES string of the molecule is O=C(Nc1ccncc1)c1ncoc1-c1ccc(F)cc1. The van der Waals surface area contributed by atoms with Gasteiger partial charge in [-0.05, 0) is 36.4 Å². The van der Waals surface area contributed by atoms with Gasteiger partial charge in [-0.2, -0.15) is 0 Å². The van der Waals surface area contributed by atoms with E-state index in [1.165, 1.54) is 30.7 Å². The minimum absolute atomic E-state index is 0.137. The van der Waals surface area contributed by atoms with Crippen molar-refractivity contribution in [2.24, 2.45) is 0 Å². The molecule has 104 valence electrons. The second kappa shape index (κ2) is 5.54. The molecule has 0 saturated heterocycles. The number of pyridine rings is 1. The number of hydrogen-bond donors (Lipinski definition) is 1. The molecule has 0 aliphatic carbocycles. The normalized spacial score (nSPS) is 10.3. The molecule has 0 atom stereocenters. The van der Waals surface area contributed by atoms with Crippen molar-refractivity contribution >= 4 is 11.6 Å². The highest BCUT2D eigenvalue weighted by atomic mass is 19.1. The molecular formula is C15H10FN3O2. The standard InChI is InChI=1S/C15H10FN3O2/c16-11-3-1-10(2-4-11)14-13(18-9-21-14)15(20)19-12-5-7-17-8-6-12/h1-9H,(H,17,19,20). The van der Waals surface area contributed by atoms with Crippen LogP contribution in [0.25, 0.3) is 11.3 Å². The molecule has 3 aromatic rings. The number of aromatic nitrogens is 2. The van der Waals surface area contributed by atoms with E-state index in [0.717, 1.165) is 0 Å². The lowest BCUT2D eigenvalue weighted by atomic mass is 10.1. The highest BCUT2D eigenvalue weighted by Crippen LogP contribution is 2.24. The molecule has 3 rings (SSSR count). The molecule has 0 spiro atoms. The van der Waals surface area contributed by atoms with Gasteiger partial charge >= 0.3 is 0 Å². The Labute approximate surface area is 119 Å². The molecule has 0 aliphatic heterocycles. The fraction of sp³-hybridized carbons (Fsp3) is 0. The number of anilines is 1. The zero-order chi connectivity index (χ0) is 14.7. The summed E-state index contributed by atoms with van der Waals surface area (Å²) >= 11 is 0. The van der Waals surface area contributed by atoms with Crippen LogP contribution in [0.3, 0.4) is 0 Å². The van der Waals surface area contributed by atoms with E-state index in [1.54, 1.807) is 24.5 Å². The first-order chi connectivity index (χ1) is 10.2. The lowest BCUT2D eigenvalue weighted by Gasteiger charge is -2.04. The number of hydrogen-bond acceptors (Lipinski definition) is 4. The minimum atomic E-state index is -0.408. The second-order valence-electron chi connectivity index (χ2n) is 4.23. The van der Waals surface area contributed by atoms with Crippen molar-refractivity contribution in [3.8, 4) is 11.3 Å². The maximum absolute atomic E-state index is 12.9. The smallest absolute Gasteiger partial charge is 0.278 e. The summed E-state index contributed by atoms with van der Waals surface area (Å²) in [6, 6.07) is 8.97. The second-order valence-corrected chi connectivity index (χ2v) is 4.23. The van der Waals surface area contributed by atoms with Crippen LogP contribution in [0.2, 0.25) is 0 Å². The van der Waals surface area contributed by atoms with E-state index in [4.69, 9.17) is 4.42 Å². The van der Waals surface area contributed by atoms with Crippen LogP contribution in [0.15, 0.2) is 59.6 Å². The number of nitrogens with zero attached hydrogens (tertiary/aromatic N) is 2. The predicted molar refractivity (Wildman–Crippen MR) is 74.1 cm³/mol. The summed E-state index contributed by atoms with van der Waals surface area (Å²) in [6.07, 6.45) is 4.32. The molecule has 6 heteroatoms. The van der Waals surface area contributed by atoms with Crippen LogP contribution in [-0.4, -0.2) is 15.9 Å². The summed E-state index contributed by atoms with van der Waals surface area (Å²) in [4.78, 5) is 20.0. The van der Waals surface area contributed by atoms with Crippen molar-refractivity contribution in [3.05, 3.63) is 66.7 Å². The summed E-state index contributed by atoms with van der Waals surface area (Å²) in [5.74, 6) is -0.475. The van der Waals surface area contributed by atoms with Gasteiger partial charge in [0.1, 0.15) is 5.82 Å². The Morgan fingerprint density at radius 3 is 2.52 bits per heavy atom. The van der Waals surface area contributed by atoms with E-state index in [0.29, 0.717) is 17.0 Å². The first kappa shape index (κ1) is 13.0. The highest BCUT2D eigenvalue weighted by molar-refractivity contribution is 6.06. The Balaban J connectivity index is 1.88. The van der Waals surface area contributed by atoms with Crippen LogP contribution in [0.4, 0.5) is 10.1 Å². The number of oxazole rings is 1. The molecule has 0 bridgehead atoms. The molecule has 1 aromatic carbocycles. The summed E-state index contributed by atoms with van der Waals surface area (Å²) in [7, 11) is 0. The topological polar surface area (TPSA) is 68.0 Å². The van der Waals surface area contributed by atoms with Gasteiger partial charge in [-0.1, -0.05) is 0 Å². The third-order valence-corrected chi connectivity index (χ3v) is 2.83. The fourth-order valence-electron chi connectivity index (χ4n) is 1.84. The predicted octanol–water partition coefficient (Wildman–Crippen LogP) is 3.13. The Kier molecular flexibility index (Phi) is 3.42. The molecule has 0 fully saturated rings. The Bertz CT molecular complexity index is 754. The summed E-state index contributed by atoms with van der Waals surface area (Å²) in [5.41, 5.74) is 1.32. The van der Waals surface area contributed by atoms with Crippen molar-refractivity contribution in [3.63, 3.8) is 0 Å². The van der Waals surface area contributed by atoms with E-state index in [2.05, 4.69) is 15.3 Å². The maximum atomic E-state index is 12.9. The van der Waals surface area contributed by atoms with E-state index < -0.39 is 5.91 Å². The largest absolute Gasteiger partial charge is 0.443 e. The first-order valence-electron chi connectivity index (χ1n) is 6.15. The molecule has 1 amide bonds. The van der Waals surface area contributed by atoms with Gasteiger partial charge < -0.3 is 9.73 Å². The molecule has 2 aromatic heterocycles. The molecule has 0 unspecified atom stereocenters. The Morgan fingerprint density at radius 1 is 1.10 bits per heavy atom. The number of nitrogens with one attached hydrogen (secondary N) is 1. The van der Waals surface area contributed by atoms with Crippen LogP contribution in [0.1, 0.15) is 10.5 Å². The lowest BCUT2D eigenvalue weighted by molar-refractivity contribution is 0.102. The van der Waals surface area contributed by atoms with Crippen LogP contribution in [0, 0.1) is 5.82 Å². The Morgan fingerprint density at radius 2 is 1.81 bits per heavy atom. The quantitative estimate of drug-likeness (QED) is 0.801. The fourth-order valence-corrected chi connectivity index (χ4v) is 1.84.